The molecule has 0 bridgehead atoms. The number of hydrogen-bond donors (Lipinski definition) is 1. The summed E-state index contributed by atoms with van der Waals surface area (Å²) < 4.78 is 6.28. The Kier molecular flexibility index (Phi) is 2.97. The Labute approximate surface area is 99.1 Å². The molecule has 1 aliphatic heterocycles. The summed E-state index contributed by atoms with van der Waals surface area (Å²) >= 11 is 0. The minimum absolute atomic E-state index is 0.319. The lowest BCUT2D eigenvalue weighted by Crippen LogP contribution is -2.32. The Balaban J connectivity index is 1.37. The summed E-state index contributed by atoms with van der Waals surface area (Å²) in [6.07, 6.45) is 9.97. The van der Waals surface area contributed by atoms with E-state index >= 15 is 0 Å². The van der Waals surface area contributed by atoms with Crippen molar-refractivity contribution >= 4 is 0 Å². The van der Waals surface area contributed by atoms with Crippen LogP contribution in [0, 0.1) is 11.8 Å². The summed E-state index contributed by atoms with van der Waals surface area (Å²) in [7, 11) is 0. The molecule has 2 saturated carbocycles. The highest BCUT2D eigenvalue weighted by atomic mass is 16.5. The Morgan fingerprint density at radius 1 is 1.19 bits per heavy atom. The fourth-order valence-electron chi connectivity index (χ4n) is 3.54. The highest BCUT2D eigenvalue weighted by Crippen LogP contribution is 2.43. The van der Waals surface area contributed by atoms with Crippen LogP contribution in [0.15, 0.2) is 0 Å². The predicted octanol–water partition coefficient (Wildman–Crippen LogP) is 2.72. The second-order valence-corrected chi connectivity index (χ2v) is 6.30. The van der Waals surface area contributed by atoms with Gasteiger partial charge in [0.1, 0.15) is 0 Å². The zero-order valence-electron chi connectivity index (χ0n) is 10.5. The maximum absolute atomic E-state index is 6.28. The lowest BCUT2D eigenvalue weighted by molar-refractivity contribution is -0.0351. The molecule has 3 fully saturated rings. The first kappa shape index (κ1) is 11.0. The van der Waals surface area contributed by atoms with Gasteiger partial charge in [-0.2, -0.15) is 0 Å². The summed E-state index contributed by atoms with van der Waals surface area (Å²) in [5.41, 5.74) is 0.319. The van der Waals surface area contributed by atoms with E-state index in [1.54, 1.807) is 0 Å². The molecular formula is C14H25NO. The molecule has 2 nitrogen and oxygen atoms in total. The van der Waals surface area contributed by atoms with E-state index in [1.807, 2.05) is 0 Å². The van der Waals surface area contributed by atoms with Crippen LogP contribution in [0.2, 0.25) is 0 Å². The molecule has 0 aromatic rings. The molecule has 0 amide bonds. The van der Waals surface area contributed by atoms with Gasteiger partial charge < -0.3 is 10.1 Å². The average Bonchev–Trinajstić information content (AvgIpc) is 2.71. The maximum Gasteiger partial charge on any atom is 0.0708 e. The zero-order valence-corrected chi connectivity index (χ0v) is 10.5. The van der Waals surface area contributed by atoms with Crippen LogP contribution >= 0.6 is 0 Å². The van der Waals surface area contributed by atoms with Crippen LogP contribution in [0.4, 0.5) is 0 Å². The Morgan fingerprint density at radius 3 is 2.62 bits per heavy atom. The fraction of sp³-hybridized carbons (Fsp3) is 1.00. The van der Waals surface area contributed by atoms with Crippen LogP contribution in [0.5, 0.6) is 0 Å². The van der Waals surface area contributed by atoms with Crippen molar-refractivity contribution in [2.75, 3.05) is 13.1 Å². The maximum atomic E-state index is 6.28. The van der Waals surface area contributed by atoms with Crippen LogP contribution in [0.3, 0.4) is 0 Å². The molecule has 2 aliphatic carbocycles. The molecule has 1 saturated heterocycles. The molecule has 3 rings (SSSR count). The Bertz CT molecular complexity index is 247. The van der Waals surface area contributed by atoms with Gasteiger partial charge in [-0.15, -0.1) is 0 Å². The molecule has 3 unspecified atom stereocenters. The molecular weight excluding hydrogens is 198 g/mol. The topological polar surface area (TPSA) is 21.3 Å². The molecule has 92 valence electrons. The van der Waals surface area contributed by atoms with Crippen molar-refractivity contribution in [2.24, 2.45) is 11.8 Å². The number of ether oxygens (including phenoxy) is 1. The SMILES string of the molecule is CC1CC1CNCC1CCC2(CCCC2)O1. The van der Waals surface area contributed by atoms with Crippen molar-refractivity contribution in [2.45, 2.75) is 63.6 Å². The molecule has 1 N–H and O–H groups in total. The van der Waals surface area contributed by atoms with Gasteiger partial charge in [-0.1, -0.05) is 19.8 Å². The molecule has 3 atom stereocenters. The molecule has 0 aromatic heterocycles. The molecule has 2 heteroatoms. The highest BCUT2D eigenvalue weighted by molar-refractivity contribution is 4.93. The zero-order chi connectivity index (χ0) is 11.0. The van der Waals surface area contributed by atoms with Crippen molar-refractivity contribution in [3.8, 4) is 0 Å². The third kappa shape index (κ3) is 2.28. The largest absolute Gasteiger partial charge is 0.370 e. The monoisotopic (exact) mass is 223 g/mol. The summed E-state index contributed by atoms with van der Waals surface area (Å²) in [4.78, 5) is 0. The number of nitrogens with one attached hydrogen (secondary N) is 1. The van der Waals surface area contributed by atoms with Crippen LogP contribution in [-0.4, -0.2) is 24.8 Å². The van der Waals surface area contributed by atoms with E-state index in [0.717, 1.165) is 18.4 Å². The van der Waals surface area contributed by atoms with E-state index in [-0.39, 0.29) is 0 Å². The first-order valence-corrected chi connectivity index (χ1v) is 7.16. The van der Waals surface area contributed by atoms with E-state index in [2.05, 4.69) is 12.2 Å². The van der Waals surface area contributed by atoms with E-state index in [0.29, 0.717) is 11.7 Å². The predicted molar refractivity (Wildman–Crippen MR) is 65.4 cm³/mol. The molecule has 0 radical (unpaired) electrons. The van der Waals surface area contributed by atoms with E-state index < -0.39 is 0 Å². The number of hydrogen-bond acceptors (Lipinski definition) is 2. The van der Waals surface area contributed by atoms with Crippen molar-refractivity contribution in [3.63, 3.8) is 0 Å². The fourth-order valence-corrected chi connectivity index (χ4v) is 3.54. The van der Waals surface area contributed by atoms with Gasteiger partial charge >= 0.3 is 0 Å². The van der Waals surface area contributed by atoms with Gasteiger partial charge in [-0.05, 0) is 50.5 Å². The summed E-state index contributed by atoms with van der Waals surface area (Å²) in [6.45, 7) is 4.66. The second kappa shape index (κ2) is 4.30. The lowest BCUT2D eigenvalue weighted by Gasteiger charge is -2.23. The minimum Gasteiger partial charge on any atom is -0.370 e. The summed E-state index contributed by atoms with van der Waals surface area (Å²) in [5, 5.41) is 3.60. The first-order chi connectivity index (χ1) is 7.77. The average molecular weight is 223 g/mol. The van der Waals surface area contributed by atoms with Crippen molar-refractivity contribution in [1.29, 1.82) is 0 Å². The third-order valence-electron chi connectivity index (χ3n) is 4.91. The Morgan fingerprint density at radius 2 is 1.94 bits per heavy atom. The van der Waals surface area contributed by atoms with Gasteiger partial charge in [-0.25, -0.2) is 0 Å². The van der Waals surface area contributed by atoms with Gasteiger partial charge in [0.05, 0.1) is 11.7 Å². The minimum atomic E-state index is 0.319. The smallest absolute Gasteiger partial charge is 0.0708 e. The first-order valence-electron chi connectivity index (χ1n) is 7.16. The summed E-state index contributed by atoms with van der Waals surface area (Å²) in [6, 6.07) is 0. The normalized spacial score (nSPS) is 40.7. The molecule has 0 aromatic carbocycles. The van der Waals surface area contributed by atoms with Crippen molar-refractivity contribution in [3.05, 3.63) is 0 Å². The van der Waals surface area contributed by atoms with Crippen molar-refractivity contribution < 1.29 is 4.74 Å². The lowest BCUT2D eigenvalue weighted by atomic mass is 9.98. The molecule has 1 spiro atoms. The third-order valence-corrected chi connectivity index (χ3v) is 4.91. The second-order valence-electron chi connectivity index (χ2n) is 6.30. The Hall–Kier alpha value is -0.0800. The summed E-state index contributed by atoms with van der Waals surface area (Å²) in [5.74, 6) is 1.93. The van der Waals surface area contributed by atoms with E-state index in [9.17, 15) is 0 Å². The van der Waals surface area contributed by atoms with Gasteiger partial charge in [0.25, 0.3) is 0 Å². The molecule has 16 heavy (non-hydrogen) atoms. The van der Waals surface area contributed by atoms with Gasteiger partial charge in [0, 0.05) is 6.54 Å². The standard InChI is InChI=1S/C14H25NO/c1-11-8-12(11)9-15-10-13-4-7-14(16-13)5-2-3-6-14/h11-13,15H,2-10H2,1H3. The van der Waals surface area contributed by atoms with Crippen molar-refractivity contribution in [1.82, 2.24) is 5.32 Å². The van der Waals surface area contributed by atoms with Crippen LogP contribution in [0.1, 0.15) is 51.9 Å². The van der Waals surface area contributed by atoms with Crippen LogP contribution in [0.25, 0.3) is 0 Å². The molecule has 3 aliphatic rings. The highest BCUT2D eigenvalue weighted by Gasteiger charge is 2.42. The van der Waals surface area contributed by atoms with Crippen LogP contribution < -0.4 is 5.32 Å². The number of rotatable bonds is 4. The van der Waals surface area contributed by atoms with Gasteiger partial charge in [0.2, 0.25) is 0 Å². The van der Waals surface area contributed by atoms with Gasteiger partial charge in [0.15, 0.2) is 0 Å². The molecule has 1 heterocycles. The quantitative estimate of drug-likeness (QED) is 0.791. The van der Waals surface area contributed by atoms with E-state index in [4.69, 9.17) is 4.74 Å². The van der Waals surface area contributed by atoms with E-state index in [1.165, 1.54) is 51.5 Å². The van der Waals surface area contributed by atoms with Gasteiger partial charge in [-0.3, -0.25) is 0 Å². The van der Waals surface area contributed by atoms with Crippen LogP contribution in [-0.2, 0) is 4.74 Å².